The van der Waals surface area contributed by atoms with E-state index in [0.717, 1.165) is 17.2 Å². The summed E-state index contributed by atoms with van der Waals surface area (Å²) in [6.07, 6.45) is 0. The van der Waals surface area contributed by atoms with Crippen molar-refractivity contribution >= 4 is 11.8 Å². The Kier molecular flexibility index (Phi) is 7.15. The number of halogens is 1. The van der Waals surface area contributed by atoms with Crippen LogP contribution in [0.4, 0.5) is 4.39 Å². The Morgan fingerprint density at radius 2 is 1.75 bits per heavy atom. The highest BCUT2D eigenvalue weighted by atomic mass is 19.1. The van der Waals surface area contributed by atoms with Crippen LogP contribution in [0.5, 0.6) is 5.75 Å². The van der Waals surface area contributed by atoms with Crippen molar-refractivity contribution in [3.63, 3.8) is 0 Å². The number of rotatable bonds is 7. The highest BCUT2D eigenvalue weighted by molar-refractivity contribution is 5.94. The van der Waals surface area contributed by atoms with Crippen LogP contribution in [0.1, 0.15) is 42.3 Å². The Hall–Kier alpha value is -2.89. The fraction of sp³-hybridized carbons (Fsp3) is 0.364. The van der Waals surface area contributed by atoms with Gasteiger partial charge in [-0.15, -0.1) is 0 Å². The first kappa shape index (κ1) is 21.4. The van der Waals surface area contributed by atoms with Crippen LogP contribution in [-0.2, 0) is 10.2 Å². The van der Waals surface area contributed by atoms with Crippen LogP contribution in [0.3, 0.4) is 0 Å². The lowest BCUT2D eigenvalue weighted by molar-refractivity contribution is -0.123. The zero-order valence-electron chi connectivity index (χ0n) is 16.8. The van der Waals surface area contributed by atoms with Gasteiger partial charge in [-0.25, -0.2) is 4.39 Å². The second-order valence-corrected chi connectivity index (χ2v) is 7.65. The summed E-state index contributed by atoms with van der Waals surface area (Å²) in [5.74, 6) is -0.448. The zero-order chi connectivity index (χ0) is 20.7. The number of nitrogens with one attached hydrogen (secondary N) is 2. The Labute approximate surface area is 165 Å². The lowest BCUT2D eigenvalue weighted by Crippen LogP contribution is -2.37. The molecular formula is C22H27FN2O3. The number of benzene rings is 2. The number of ether oxygens (including phenoxy) is 1. The Morgan fingerprint density at radius 3 is 2.43 bits per heavy atom. The second kappa shape index (κ2) is 9.35. The summed E-state index contributed by atoms with van der Waals surface area (Å²) in [7, 11) is 0. The Bertz CT molecular complexity index is 844. The number of hydrogen-bond donors (Lipinski definition) is 2. The molecular weight excluding hydrogens is 359 g/mol. The molecule has 0 atom stereocenters. The van der Waals surface area contributed by atoms with Crippen LogP contribution in [-0.4, -0.2) is 31.5 Å². The van der Waals surface area contributed by atoms with Crippen molar-refractivity contribution in [3.05, 3.63) is 65.0 Å². The largest absolute Gasteiger partial charge is 0.483 e. The third-order valence-corrected chi connectivity index (χ3v) is 4.12. The molecule has 0 aliphatic rings. The van der Waals surface area contributed by atoms with E-state index in [1.807, 2.05) is 19.1 Å². The van der Waals surface area contributed by atoms with E-state index in [-0.39, 0.29) is 42.5 Å². The molecule has 6 heteroatoms. The van der Waals surface area contributed by atoms with Crippen molar-refractivity contribution in [1.29, 1.82) is 0 Å². The average Bonchev–Trinajstić information content (AvgIpc) is 2.63. The topological polar surface area (TPSA) is 67.4 Å². The first-order valence-electron chi connectivity index (χ1n) is 9.21. The molecule has 5 nitrogen and oxygen atoms in total. The van der Waals surface area contributed by atoms with E-state index in [1.165, 1.54) is 18.2 Å². The number of amides is 2. The van der Waals surface area contributed by atoms with Crippen LogP contribution in [0.25, 0.3) is 0 Å². The maximum Gasteiger partial charge on any atom is 0.258 e. The average molecular weight is 386 g/mol. The normalized spacial score (nSPS) is 11.0. The molecule has 2 aromatic rings. The summed E-state index contributed by atoms with van der Waals surface area (Å²) in [4.78, 5) is 23.9. The first-order chi connectivity index (χ1) is 13.2. The van der Waals surface area contributed by atoms with E-state index in [9.17, 15) is 14.0 Å². The van der Waals surface area contributed by atoms with Gasteiger partial charge in [0.1, 0.15) is 11.6 Å². The van der Waals surface area contributed by atoms with Crippen LogP contribution in [0.15, 0.2) is 42.5 Å². The van der Waals surface area contributed by atoms with Gasteiger partial charge in [0.15, 0.2) is 6.61 Å². The van der Waals surface area contributed by atoms with E-state index in [2.05, 4.69) is 37.5 Å². The number of carbonyl (C=O) groups excluding carboxylic acids is 2. The molecule has 0 aromatic heterocycles. The van der Waals surface area contributed by atoms with Crippen LogP contribution in [0.2, 0.25) is 0 Å². The summed E-state index contributed by atoms with van der Waals surface area (Å²) < 4.78 is 18.8. The molecule has 2 N–H and O–H groups in total. The molecule has 0 heterocycles. The van der Waals surface area contributed by atoms with Crippen LogP contribution < -0.4 is 15.4 Å². The third-order valence-electron chi connectivity index (χ3n) is 4.12. The quantitative estimate of drug-likeness (QED) is 0.717. The third kappa shape index (κ3) is 6.37. The van der Waals surface area contributed by atoms with E-state index in [1.54, 1.807) is 0 Å². The number of hydrogen-bond acceptors (Lipinski definition) is 3. The fourth-order valence-electron chi connectivity index (χ4n) is 2.66. The van der Waals surface area contributed by atoms with Crippen LogP contribution >= 0.6 is 0 Å². The monoisotopic (exact) mass is 386 g/mol. The molecule has 0 unspecified atom stereocenters. The van der Waals surface area contributed by atoms with Gasteiger partial charge < -0.3 is 15.4 Å². The maximum absolute atomic E-state index is 13.1. The molecule has 150 valence electrons. The van der Waals surface area contributed by atoms with Gasteiger partial charge in [-0.3, -0.25) is 9.59 Å². The molecule has 0 bridgehead atoms. The minimum Gasteiger partial charge on any atom is -0.483 e. The SMILES string of the molecule is Cc1ccc(OCC(=O)NCCNC(=O)c2cccc(F)c2)c(C(C)(C)C)c1. The molecule has 0 fully saturated rings. The molecule has 2 amide bonds. The summed E-state index contributed by atoms with van der Waals surface area (Å²) in [5.41, 5.74) is 2.32. The number of carbonyl (C=O) groups is 2. The van der Waals surface area contributed by atoms with Crippen molar-refractivity contribution in [2.75, 3.05) is 19.7 Å². The molecule has 2 aromatic carbocycles. The van der Waals surface area contributed by atoms with Gasteiger partial charge in [0.2, 0.25) is 0 Å². The molecule has 0 radical (unpaired) electrons. The molecule has 2 rings (SSSR count). The van der Waals surface area contributed by atoms with Crippen molar-refractivity contribution in [2.45, 2.75) is 33.1 Å². The highest BCUT2D eigenvalue weighted by Gasteiger charge is 2.19. The van der Waals surface area contributed by atoms with Gasteiger partial charge in [-0.2, -0.15) is 0 Å². The maximum atomic E-state index is 13.1. The second-order valence-electron chi connectivity index (χ2n) is 7.65. The van der Waals surface area contributed by atoms with E-state index in [0.29, 0.717) is 5.75 Å². The minimum absolute atomic E-state index is 0.0982. The highest BCUT2D eigenvalue weighted by Crippen LogP contribution is 2.32. The lowest BCUT2D eigenvalue weighted by atomic mass is 9.85. The molecule has 0 aliphatic heterocycles. The van der Waals surface area contributed by atoms with Gasteiger partial charge >= 0.3 is 0 Å². The summed E-state index contributed by atoms with van der Waals surface area (Å²) in [5, 5.41) is 5.32. The summed E-state index contributed by atoms with van der Waals surface area (Å²) in [6.45, 7) is 8.68. The van der Waals surface area contributed by atoms with Crippen molar-refractivity contribution < 1.29 is 18.7 Å². The van der Waals surface area contributed by atoms with Gasteiger partial charge in [-0.1, -0.05) is 44.5 Å². The van der Waals surface area contributed by atoms with Gasteiger partial charge in [-0.05, 0) is 42.2 Å². The Balaban J connectivity index is 1.77. The molecule has 0 spiro atoms. The van der Waals surface area contributed by atoms with Crippen LogP contribution in [0, 0.1) is 12.7 Å². The van der Waals surface area contributed by atoms with Gasteiger partial charge in [0.25, 0.3) is 11.8 Å². The predicted octanol–water partition coefficient (Wildman–Crippen LogP) is 3.36. The fourth-order valence-corrected chi connectivity index (χ4v) is 2.66. The van der Waals surface area contributed by atoms with E-state index < -0.39 is 5.82 Å². The lowest BCUT2D eigenvalue weighted by Gasteiger charge is -2.23. The first-order valence-corrected chi connectivity index (χ1v) is 9.21. The summed E-state index contributed by atoms with van der Waals surface area (Å²) >= 11 is 0. The molecule has 0 saturated heterocycles. The number of aryl methyl sites for hydroxylation is 1. The van der Waals surface area contributed by atoms with E-state index >= 15 is 0 Å². The van der Waals surface area contributed by atoms with Crippen molar-refractivity contribution in [1.82, 2.24) is 10.6 Å². The molecule has 0 saturated carbocycles. The standard InChI is InChI=1S/C22H27FN2O3/c1-15-8-9-19(18(12-15)22(2,3)4)28-14-20(26)24-10-11-25-21(27)16-6-5-7-17(23)13-16/h5-9,12-13H,10-11,14H2,1-4H3,(H,24,26)(H,25,27). The molecule has 28 heavy (non-hydrogen) atoms. The van der Waals surface area contributed by atoms with E-state index in [4.69, 9.17) is 4.74 Å². The predicted molar refractivity (Wildman–Crippen MR) is 107 cm³/mol. The zero-order valence-corrected chi connectivity index (χ0v) is 16.8. The molecule has 0 aliphatic carbocycles. The van der Waals surface area contributed by atoms with Crippen molar-refractivity contribution in [3.8, 4) is 5.75 Å². The Morgan fingerprint density at radius 1 is 1.04 bits per heavy atom. The van der Waals surface area contributed by atoms with Crippen molar-refractivity contribution in [2.24, 2.45) is 0 Å². The smallest absolute Gasteiger partial charge is 0.258 e. The van der Waals surface area contributed by atoms with Gasteiger partial charge in [0.05, 0.1) is 0 Å². The van der Waals surface area contributed by atoms with Gasteiger partial charge in [0, 0.05) is 18.7 Å². The minimum atomic E-state index is -0.469. The summed E-state index contributed by atoms with van der Waals surface area (Å²) in [6, 6.07) is 11.3.